The molecule has 0 saturated heterocycles. The molecule has 2 rings (SSSR count). The Kier molecular flexibility index (Phi) is 6.36. The van der Waals surface area contributed by atoms with Crippen molar-refractivity contribution in [2.45, 2.75) is 51.7 Å². The van der Waals surface area contributed by atoms with E-state index in [0.717, 1.165) is 18.4 Å². The zero-order valence-corrected chi connectivity index (χ0v) is 13.8. The Morgan fingerprint density at radius 2 is 2.13 bits per heavy atom. The van der Waals surface area contributed by atoms with E-state index >= 15 is 0 Å². The van der Waals surface area contributed by atoms with Gasteiger partial charge in [0.05, 0.1) is 17.6 Å². The summed E-state index contributed by atoms with van der Waals surface area (Å²) < 4.78 is 5.30. The van der Waals surface area contributed by atoms with Crippen LogP contribution in [0, 0.1) is 16.0 Å². The van der Waals surface area contributed by atoms with Gasteiger partial charge < -0.3 is 15.2 Å². The van der Waals surface area contributed by atoms with Gasteiger partial charge in [0.25, 0.3) is 0 Å². The molecule has 1 fully saturated rings. The van der Waals surface area contributed by atoms with Gasteiger partial charge in [0.15, 0.2) is 5.75 Å². The van der Waals surface area contributed by atoms with Gasteiger partial charge >= 0.3 is 5.69 Å². The number of hydrogen-bond acceptors (Lipinski definition) is 5. The van der Waals surface area contributed by atoms with E-state index in [2.05, 4.69) is 5.32 Å². The van der Waals surface area contributed by atoms with E-state index in [1.807, 2.05) is 13.0 Å². The summed E-state index contributed by atoms with van der Waals surface area (Å²) in [5.41, 5.74) is 0.799. The van der Waals surface area contributed by atoms with Crippen LogP contribution in [0.4, 0.5) is 5.69 Å². The van der Waals surface area contributed by atoms with Gasteiger partial charge in [0, 0.05) is 18.7 Å². The molecular weight excluding hydrogens is 296 g/mol. The van der Waals surface area contributed by atoms with Gasteiger partial charge in [-0.15, -0.1) is 0 Å². The Balaban J connectivity index is 1.99. The predicted molar refractivity (Wildman–Crippen MR) is 88.6 cm³/mol. The average molecular weight is 322 g/mol. The van der Waals surface area contributed by atoms with Crippen LogP contribution in [-0.4, -0.2) is 29.3 Å². The van der Waals surface area contributed by atoms with Gasteiger partial charge in [-0.2, -0.15) is 0 Å². The number of rotatable bonds is 8. The van der Waals surface area contributed by atoms with Crippen molar-refractivity contribution in [2.75, 3.05) is 13.2 Å². The molecule has 0 radical (unpaired) electrons. The van der Waals surface area contributed by atoms with Crippen LogP contribution < -0.4 is 10.1 Å². The number of ether oxygens (including phenoxy) is 1. The van der Waals surface area contributed by atoms with Gasteiger partial charge in [-0.1, -0.05) is 18.9 Å². The summed E-state index contributed by atoms with van der Waals surface area (Å²) in [6.07, 6.45) is 4.22. The average Bonchev–Trinajstić information content (AvgIpc) is 3.07. The van der Waals surface area contributed by atoms with Crippen molar-refractivity contribution in [3.63, 3.8) is 0 Å². The number of nitrogens with one attached hydrogen (secondary N) is 1. The minimum atomic E-state index is -0.422. The first-order valence-electron chi connectivity index (χ1n) is 8.35. The summed E-state index contributed by atoms with van der Waals surface area (Å²) >= 11 is 0. The fraction of sp³-hybridized carbons (Fsp3) is 0.647. The third kappa shape index (κ3) is 4.65. The number of aliphatic hydroxyl groups is 1. The molecule has 2 N–H and O–H groups in total. The van der Waals surface area contributed by atoms with Crippen LogP contribution in [0.2, 0.25) is 0 Å². The molecule has 2 atom stereocenters. The fourth-order valence-electron chi connectivity index (χ4n) is 3.15. The predicted octanol–water partition coefficient (Wildman–Crippen LogP) is 3.20. The van der Waals surface area contributed by atoms with Crippen molar-refractivity contribution in [1.29, 1.82) is 0 Å². The second-order valence-electron chi connectivity index (χ2n) is 6.16. The van der Waals surface area contributed by atoms with E-state index in [4.69, 9.17) is 4.74 Å². The van der Waals surface area contributed by atoms with E-state index in [9.17, 15) is 15.2 Å². The quantitative estimate of drug-likeness (QED) is 0.567. The molecule has 0 bridgehead atoms. The second-order valence-corrected chi connectivity index (χ2v) is 6.16. The number of hydrogen-bond donors (Lipinski definition) is 2. The number of nitrogens with zero attached hydrogens (tertiary/aromatic N) is 1. The molecule has 0 spiro atoms. The maximum absolute atomic E-state index is 11.2. The number of aliphatic hydroxyl groups excluding tert-OH is 1. The molecule has 0 amide bonds. The maximum atomic E-state index is 11.2. The van der Waals surface area contributed by atoms with Crippen LogP contribution in [0.15, 0.2) is 18.2 Å². The number of benzene rings is 1. The van der Waals surface area contributed by atoms with Crippen molar-refractivity contribution in [3.05, 3.63) is 33.9 Å². The zero-order valence-electron chi connectivity index (χ0n) is 13.8. The Morgan fingerprint density at radius 1 is 1.43 bits per heavy atom. The Labute approximate surface area is 137 Å². The number of nitro groups is 1. The van der Waals surface area contributed by atoms with Crippen LogP contribution in [0.5, 0.6) is 5.75 Å². The highest BCUT2D eigenvalue weighted by Crippen LogP contribution is 2.31. The molecule has 1 aromatic carbocycles. The molecule has 6 nitrogen and oxygen atoms in total. The Morgan fingerprint density at radius 3 is 2.74 bits per heavy atom. The van der Waals surface area contributed by atoms with Crippen LogP contribution in [0.1, 0.15) is 51.1 Å². The van der Waals surface area contributed by atoms with Gasteiger partial charge in [0.1, 0.15) is 0 Å². The normalized spacial score (nSPS) is 17.9. The zero-order chi connectivity index (χ0) is 16.8. The molecule has 0 aromatic heterocycles. The van der Waals surface area contributed by atoms with Crippen molar-refractivity contribution in [1.82, 2.24) is 5.32 Å². The Bertz CT molecular complexity index is 529. The summed E-state index contributed by atoms with van der Waals surface area (Å²) in [5, 5.41) is 24.7. The van der Waals surface area contributed by atoms with Gasteiger partial charge in [0.2, 0.25) is 0 Å². The smallest absolute Gasteiger partial charge is 0.311 e. The Hall–Kier alpha value is -1.66. The first-order chi connectivity index (χ1) is 11.0. The molecule has 6 heteroatoms. The van der Waals surface area contributed by atoms with E-state index in [0.29, 0.717) is 24.8 Å². The highest BCUT2D eigenvalue weighted by Gasteiger charge is 2.24. The first kappa shape index (κ1) is 17.7. The molecule has 1 aliphatic rings. The largest absolute Gasteiger partial charge is 0.487 e. The van der Waals surface area contributed by atoms with Gasteiger partial charge in [-0.25, -0.2) is 0 Å². The van der Waals surface area contributed by atoms with E-state index in [1.165, 1.54) is 12.8 Å². The first-order valence-corrected chi connectivity index (χ1v) is 8.35. The van der Waals surface area contributed by atoms with E-state index in [-0.39, 0.29) is 17.8 Å². The molecule has 1 aliphatic carbocycles. The summed E-state index contributed by atoms with van der Waals surface area (Å²) in [6, 6.07) is 4.95. The minimum absolute atomic E-state index is 0.0191. The lowest BCUT2D eigenvalue weighted by atomic mass is 10.00. The molecule has 2 unspecified atom stereocenters. The fourth-order valence-corrected chi connectivity index (χ4v) is 3.15. The monoisotopic (exact) mass is 322 g/mol. The third-order valence-corrected chi connectivity index (χ3v) is 4.56. The van der Waals surface area contributed by atoms with E-state index in [1.54, 1.807) is 19.1 Å². The van der Waals surface area contributed by atoms with Crippen molar-refractivity contribution in [3.8, 4) is 5.75 Å². The maximum Gasteiger partial charge on any atom is 0.311 e. The summed E-state index contributed by atoms with van der Waals surface area (Å²) in [5.74, 6) is 0.670. The molecule has 1 saturated carbocycles. The summed E-state index contributed by atoms with van der Waals surface area (Å²) in [7, 11) is 0. The topological polar surface area (TPSA) is 84.6 Å². The lowest BCUT2D eigenvalue weighted by molar-refractivity contribution is -0.385. The molecular formula is C17H26N2O4. The van der Waals surface area contributed by atoms with Crippen molar-refractivity contribution >= 4 is 5.69 Å². The lowest BCUT2D eigenvalue weighted by Gasteiger charge is -2.21. The standard InChI is InChI=1S/C17H26N2O4/c1-3-23-17-9-8-14(10-15(17)19(21)22)12(2)18-11-16(20)13-6-4-5-7-13/h8-10,12-13,16,18,20H,3-7,11H2,1-2H3. The van der Waals surface area contributed by atoms with Crippen LogP contribution >= 0.6 is 0 Å². The highest BCUT2D eigenvalue weighted by atomic mass is 16.6. The lowest BCUT2D eigenvalue weighted by Crippen LogP contribution is -2.33. The molecule has 23 heavy (non-hydrogen) atoms. The SMILES string of the molecule is CCOc1ccc(C(C)NCC(O)C2CCCC2)cc1[N+](=O)[O-]. The summed E-state index contributed by atoms with van der Waals surface area (Å²) in [4.78, 5) is 10.8. The number of nitro benzene ring substituents is 1. The van der Waals surface area contributed by atoms with Gasteiger partial charge in [-0.3, -0.25) is 10.1 Å². The van der Waals surface area contributed by atoms with Crippen LogP contribution in [0.25, 0.3) is 0 Å². The third-order valence-electron chi connectivity index (χ3n) is 4.56. The van der Waals surface area contributed by atoms with Crippen LogP contribution in [-0.2, 0) is 0 Å². The van der Waals surface area contributed by atoms with Crippen molar-refractivity contribution < 1.29 is 14.8 Å². The van der Waals surface area contributed by atoms with Crippen LogP contribution in [0.3, 0.4) is 0 Å². The van der Waals surface area contributed by atoms with E-state index < -0.39 is 4.92 Å². The molecule has 1 aromatic rings. The minimum Gasteiger partial charge on any atom is -0.487 e. The second kappa shape index (κ2) is 8.26. The summed E-state index contributed by atoms with van der Waals surface area (Å²) in [6.45, 7) is 4.64. The molecule has 0 aliphatic heterocycles. The van der Waals surface area contributed by atoms with Crippen molar-refractivity contribution in [2.24, 2.45) is 5.92 Å². The molecule has 0 heterocycles. The van der Waals surface area contributed by atoms with Gasteiger partial charge in [-0.05, 0) is 44.2 Å². The highest BCUT2D eigenvalue weighted by molar-refractivity contribution is 5.49. The molecule has 128 valence electrons.